The van der Waals surface area contributed by atoms with Gasteiger partial charge in [0.1, 0.15) is 0 Å². The standard InChI is InChI=1S/C19H24N2O4S/c1-23-15-10-13(11-16(24-2)19(15)25-3)20-12-18(22)21-8-4-6-14(21)17-7-5-9-26-17/h5,7,9-11,14,20H,4,6,8,12H2,1-3H3. The molecule has 0 radical (unpaired) electrons. The molecule has 1 aliphatic rings. The number of carbonyl (C=O) groups is 1. The molecule has 1 amide bonds. The van der Waals surface area contributed by atoms with E-state index in [1.807, 2.05) is 11.0 Å². The third kappa shape index (κ3) is 3.72. The summed E-state index contributed by atoms with van der Waals surface area (Å²) in [6.07, 6.45) is 2.06. The second kappa shape index (κ2) is 8.31. The number of nitrogens with zero attached hydrogens (tertiary/aromatic N) is 1. The first-order chi connectivity index (χ1) is 12.7. The van der Waals surface area contributed by atoms with Gasteiger partial charge >= 0.3 is 0 Å². The summed E-state index contributed by atoms with van der Waals surface area (Å²) in [6.45, 7) is 1.03. The average Bonchev–Trinajstić information content (AvgIpc) is 3.35. The summed E-state index contributed by atoms with van der Waals surface area (Å²) in [4.78, 5) is 16.0. The first-order valence-corrected chi connectivity index (χ1v) is 9.42. The Hall–Kier alpha value is -2.41. The molecule has 140 valence electrons. The predicted molar refractivity (Wildman–Crippen MR) is 103 cm³/mol. The molecule has 26 heavy (non-hydrogen) atoms. The van der Waals surface area contributed by atoms with Crippen LogP contribution < -0.4 is 19.5 Å². The molecule has 1 aromatic heterocycles. The molecule has 3 rings (SSSR count). The highest BCUT2D eigenvalue weighted by Crippen LogP contribution is 2.40. The number of likely N-dealkylation sites (tertiary alicyclic amines) is 1. The van der Waals surface area contributed by atoms with E-state index in [2.05, 4.69) is 16.8 Å². The van der Waals surface area contributed by atoms with Crippen molar-refractivity contribution in [2.24, 2.45) is 0 Å². The van der Waals surface area contributed by atoms with E-state index in [-0.39, 0.29) is 18.5 Å². The monoisotopic (exact) mass is 376 g/mol. The molecule has 0 saturated carbocycles. The van der Waals surface area contributed by atoms with E-state index >= 15 is 0 Å². The van der Waals surface area contributed by atoms with E-state index in [0.29, 0.717) is 17.2 Å². The number of ether oxygens (including phenoxy) is 3. The van der Waals surface area contributed by atoms with Gasteiger partial charge in [-0.15, -0.1) is 11.3 Å². The lowest BCUT2D eigenvalue weighted by atomic mass is 10.2. The van der Waals surface area contributed by atoms with Crippen molar-refractivity contribution in [2.45, 2.75) is 18.9 Å². The summed E-state index contributed by atoms with van der Waals surface area (Å²) in [6, 6.07) is 7.94. The van der Waals surface area contributed by atoms with Gasteiger partial charge in [0, 0.05) is 29.2 Å². The highest BCUT2D eigenvalue weighted by atomic mass is 32.1. The average molecular weight is 376 g/mol. The van der Waals surface area contributed by atoms with Gasteiger partial charge in [-0.2, -0.15) is 0 Å². The van der Waals surface area contributed by atoms with Gasteiger partial charge in [-0.1, -0.05) is 6.07 Å². The fourth-order valence-electron chi connectivity index (χ4n) is 3.30. The van der Waals surface area contributed by atoms with Crippen LogP contribution in [0.15, 0.2) is 29.6 Å². The van der Waals surface area contributed by atoms with Gasteiger partial charge in [-0.05, 0) is 24.3 Å². The van der Waals surface area contributed by atoms with Gasteiger partial charge in [0.15, 0.2) is 11.5 Å². The largest absolute Gasteiger partial charge is 0.493 e. The number of hydrogen-bond acceptors (Lipinski definition) is 6. The Morgan fingerprint density at radius 1 is 1.23 bits per heavy atom. The minimum Gasteiger partial charge on any atom is -0.493 e. The molecule has 0 bridgehead atoms. The maximum Gasteiger partial charge on any atom is 0.242 e. The third-order valence-electron chi connectivity index (χ3n) is 4.55. The maximum atomic E-state index is 12.7. The topological polar surface area (TPSA) is 60.0 Å². The van der Waals surface area contributed by atoms with Crippen LogP contribution in [0, 0.1) is 0 Å². The smallest absolute Gasteiger partial charge is 0.242 e. The Morgan fingerprint density at radius 3 is 2.54 bits per heavy atom. The highest BCUT2D eigenvalue weighted by molar-refractivity contribution is 7.10. The van der Waals surface area contributed by atoms with Crippen molar-refractivity contribution in [3.05, 3.63) is 34.5 Å². The van der Waals surface area contributed by atoms with Crippen molar-refractivity contribution < 1.29 is 19.0 Å². The molecule has 0 aliphatic carbocycles. The number of thiophene rings is 1. The predicted octanol–water partition coefficient (Wildman–Crippen LogP) is 3.55. The molecule has 1 aromatic carbocycles. The molecule has 2 heterocycles. The van der Waals surface area contributed by atoms with Crippen LogP contribution in [0.3, 0.4) is 0 Å². The molecule has 6 nitrogen and oxygen atoms in total. The van der Waals surface area contributed by atoms with Crippen molar-refractivity contribution >= 4 is 22.9 Å². The second-order valence-corrected chi connectivity index (χ2v) is 7.01. The molecule has 1 unspecified atom stereocenters. The van der Waals surface area contributed by atoms with Crippen LogP contribution in [0.1, 0.15) is 23.8 Å². The summed E-state index contributed by atoms with van der Waals surface area (Å²) in [5, 5.41) is 5.24. The first-order valence-electron chi connectivity index (χ1n) is 8.54. The van der Waals surface area contributed by atoms with Crippen molar-refractivity contribution in [3.8, 4) is 17.2 Å². The Bertz CT molecular complexity index is 723. The maximum absolute atomic E-state index is 12.7. The number of methoxy groups -OCH3 is 3. The minimum absolute atomic E-state index is 0.0923. The molecule has 1 fully saturated rings. The van der Waals surface area contributed by atoms with Crippen molar-refractivity contribution in [2.75, 3.05) is 39.7 Å². The van der Waals surface area contributed by atoms with Crippen molar-refractivity contribution in [3.63, 3.8) is 0 Å². The fraction of sp³-hybridized carbons (Fsp3) is 0.421. The number of carbonyl (C=O) groups excluding carboxylic acids is 1. The molecule has 1 atom stereocenters. The van der Waals surface area contributed by atoms with Crippen molar-refractivity contribution in [1.82, 2.24) is 4.90 Å². The lowest BCUT2D eigenvalue weighted by Gasteiger charge is -2.24. The zero-order chi connectivity index (χ0) is 18.5. The van der Waals surface area contributed by atoms with Crippen LogP contribution in [0.25, 0.3) is 0 Å². The Balaban J connectivity index is 1.69. The number of hydrogen-bond donors (Lipinski definition) is 1. The zero-order valence-electron chi connectivity index (χ0n) is 15.3. The minimum atomic E-state index is 0.0923. The Labute approximate surface area is 157 Å². The van der Waals surface area contributed by atoms with E-state index in [0.717, 1.165) is 25.1 Å². The number of benzene rings is 1. The van der Waals surface area contributed by atoms with E-state index in [1.165, 1.54) is 4.88 Å². The highest BCUT2D eigenvalue weighted by Gasteiger charge is 2.30. The molecule has 1 saturated heterocycles. The molecular weight excluding hydrogens is 352 g/mol. The second-order valence-electron chi connectivity index (χ2n) is 6.03. The quantitative estimate of drug-likeness (QED) is 0.801. The summed E-state index contributed by atoms with van der Waals surface area (Å²) in [7, 11) is 4.71. The van der Waals surface area contributed by atoms with Crippen LogP contribution in [0.4, 0.5) is 5.69 Å². The van der Waals surface area contributed by atoms with Crippen LogP contribution in [0.5, 0.6) is 17.2 Å². The van der Waals surface area contributed by atoms with Gasteiger partial charge in [-0.25, -0.2) is 0 Å². The van der Waals surface area contributed by atoms with Crippen molar-refractivity contribution in [1.29, 1.82) is 0 Å². The van der Waals surface area contributed by atoms with E-state index in [9.17, 15) is 4.79 Å². The molecule has 1 N–H and O–H groups in total. The van der Waals surface area contributed by atoms with Gasteiger partial charge in [-0.3, -0.25) is 4.79 Å². The molecule has 0 spiro atoms. The van der Waals surface area contributed by atoms with E-state index in [1.54, 1.807) is 44.8 Å². The van der Waals surface area contributed by atoms with Gasteiger partial charge in [0.2, 0.25) is 11.7 Å². The van der Waals surface area contributed by atoms with E-state index in [4.69, 9.17) is 14.2 Å². The normalized spacial score (nSPS) is 16.4. The molecular formula is C19H24N2O4S. The summed E-state index contributed by atoms with van der Waals surface area (Å²) in [5.74, 6) is 1.73. The fourth-order valence-corrected chi connectivity index (χ4v) is 4.18. The van der Waals surface area contributed by atoms with Gasteiger partial charge in [0.05, 0.1) is 33.9 Å². The van der Waals surface area contributed by atoms with Gasteiger partial charge < -0.3 is 24.4 Å². The van der Waals surface area contributed by atoms with Gasteiger partial charge in [0.25, 0.3) is 0 Å². The zero-order valence-corrected chi connectivity index (χ0v) is 16.1. The number of rotatable bonds is 7. The molecule has 1 aliphatic heterocycles. The van der Waals surface area contributed by atoms with E-state index < -0.39 is 0 Å². The number of anilines is 1. The van der Waals surface area contributed by atoms with Crippen LogP contribution >= 0.6 is 11.3 Å². The third-order valence-corrected chi connectivity index (χ3v) is 5.53. The lowest BCUT2D eigenvalue weighted by Crippen LogP contribution is -2.34. The Morgan fingerprint density at radius 2 is 1.96 bits per heavy atom. The summed E-state index contributed by atoms with van der Waals surface area (Å²) in [5.41, 5.74) is 0.750. The lowest BCUT2D eigenvalue weighted by molar-refractivity contribution is -0.130. The van der Waals surface area contributed by atoms with Crippen LogP contribution in [0.2, 0.25) is 0 Å². The van der Waals surface area contributed by atoms with Crippen LogP contribution in [-0.2, 0) is 4.79 Å². The number of amides is 1. The Kier molecular flexibility index (Phi) is 5.88. The first kappa shape index (κ1) is 18.4. The number of nitrogens with one attached hydrogen (secondary N) is 1. The molecule has 2 aromatic rings. The SMILES string of the molecule is COc1cc(NCC(=O)N2CCCC2c2cccs2)cc(OC)c1OC. The summed E-state index contributed by atoms with van der Waals surface area (Å²) >= 11 is 1.71. The van der Waals surface area contributed by atoms with Crippen LogP contribution in [-0.4, -0.2) is 45.2 Å². The molecule has 7 heteroatoms. The summed E-state index contributed by atoms with van der Waals surface area (Å²) < 4.78 is 16.0.